The third-order valence-corrected chi connectivity index (χ3v) is 3.31. The molecule has 0 amide bonds. The predicted octanol–water partition coefficient (Wildman–Crippen LogP) is 3.53. The van der Waals surface area contributed by atoms with Gasteiger partial charge in [-0.15, -0.1) is 30.6 Å². The van der Waals surface area contributed by atoms with Crippen LogP contribution in [0.4, 0.5) is 0 Å². The van der Waals surface area contributed by atoms with Gasteiger partial charge in [-0.1, -0.05) is 19.9 Å². The summed E-state index contributed by atoms with van der Waals surface area (Å²) in [6.45, 7) is 12.9. The highest BCUT2D eigenvalue weighted by molar-refractivity contribution is 14.0. The lowest BCUT2D eigenvalue weighted by atomic mass is 10.0. The number of hydrogen-bond donors (Lipinski definition) is 1. The van der Waals surface area contributed by atoms with Gasteiger partial charge in [-0.25, -0.2) is 0 Å². The average molecular weight is 411 g/mol. The molecule has 4 nitrogen and oxygen atoms in total. The minimum Gasteiger partial charge on any atom is -0.378 e. The fourth-order valence-corrected chi connectivity index (χ4v) is 2.11. The lowest BCUT2D eigenvalue weighted by Crippen LogP contribution is -2.41. The molecule has 0 spiro atoms. The van der Waals surface area contributed by atoms with Gasteiger partial charge in [0.05, 0.1) is 6.10 Å². The van der Waals surface area contributed by atoms with Gasteiger partial charge in [-0.3, -0.25) is 4.99 Å². The Kier molecular flexibility index (Phi) is 16.0. The molecule has 0 radical (unpaired) electrons. The molecule has 0 aromatic heterocycles. The third-order valence-electron chi connectivity index (χ3n) is 3.31. The van der Waals surface area contributed by atoms with E-state index >= 15 is 0 Å². The second kappa shape index (κ2) is 14.6. The van der Waals surface area contributed by atoms with Gasteiger partial charge in [0.25, 0.3) is 0 Å². The van der Waals surface area contributed by atoms with E-state index in [1.54, 1.807) is 0 Å². The third kappa shape index (κ3) is 11.0. The van der Waals surface area contributed by atoms with Crippen molar-refractivity contribution in [2.45, 2.75) is 46.1 Å². The topological polar surface area (TPSA) is 36.9 Å². The fourth-order valence-electron chi connectivity index (χ4n) is 2.11. The zero-order valence-electron chi connectivity index (χ0n) is 14.4. The first kappa shape index (κ1) is 23.0. The van der Waals surface area contributed by atoms with E-state index in [0.717, 1.165) is 44.9 Å². The van der Waals surface area contributed by atoms with Crippen LogP contribution in [0.1, 0.15) is 40.0 Å². The van der Waals surface area contributed by atoms with Gasteiger partial charge < -0.3 is 15.0 Å². The van der Waals surface area contributed by atoms with E-state index in [9.17, 15) is 0 Å². The normalized spacial score (nSPS) is 12.8. The minimum absolute atomic E-state index is 0. The Labute approximate surface area is 148 Å². The highest BCUT2D eigenvalue weighted by Crippen LogP contribution is 2.10. The van der Waals surface area contributed by atoms with Gasteiger partial charge in [-0.2, -0.15) is 0 Å². The second-order valence-electron chi connectivity index (χ2n) is 5.35. The standard InChI is InChI=1S/C16H33N3O.HI/c1-7-9-10-13-19(6)16(17-5)18-12-11-15(14(3)4)20-8-2;/h7,14-15H,1,8-13H2,2-6H3,(H,17,18);1H. The molecule has 126 valence electrons. The molecular weight excluding hydrogens is 377 g/mol. The monoisotopic (exact) mass is 411 g/mol. The molecule has 5 heteroatoms. The lowest BCUT2D eigenvalue weighted by Gasteiger charge is -2.24. The number of allylic oxidation sites excluding steroid dienone is 1. The van der Waals surface area contributed by atoms with E-state index in [1.165, 1.54) is 0 Å². The van der Waals surface area contributed by atoms with Crippen LogP contribution in [0.5, 0.6) is 0 Å². The van der Waals surface area contributed by atoms with Crippen LogP contribution in [0, 0.1) is 5.92 Å². The van der Waals surface area contributed by atoms with Gasteiger partial charge in [0, 0.05) is 33.8 Å². The van der Waals surface area contributed by atoms with Crippen LogP contribution in [0.15, 0.2) is 17.6 Å². The molecule has 21 heavy (non-hydrogen) atoms. The largest absolute Gasteiger partial charge is 0.378 e. The fraction of sp³-hybridized carbons (Fsp3) is 0.812. The predicted molar refractivity (Wildman–Crippen MR) is 104 cm³/mol. The molecule has 0 bridgehead atoms. The highest BCUT2D eigenvalue weighted by Gasteiger charge is 2.13. The quantitative estimate of drug-likeness (QED) is 0.197. The van der Waals surface area contributed by atoms with E-state index in [0.29, 0.717) is 12.0 Å². The van der Waals surface area contributed by atoms with E-state index < -0.39 is 0 Å². The SMILES string of the molecule is C=CCCCN(C)C(=NC)NCCC(OCC)C(C)C.I. The maximum Gasteiger partial charge on any atom is 0.193 e. The summed E-state index contributed by atoms with van der Waals surface area (Å²) in [6, 6.07) is 0. The van der Waals surface area contributed by atoms with Gasteiger partial charge in [0.15, 0.2) is 5.96 Å². The summed E-state index contributed by atoms with van der Waals surface area (Å²) in [5, 5.41) is 3.41. The van der Waals surface area contributed by atoms with Gasteiger partial charge >= 0.3 is 0 Å². The molecule has 0 aliphatic carbocycles. The molecule has 0 fully saturated rings. The number of nitrogens with one attached hydrogen (secondary N) is 1. The number of unbranched alkanes of at least 4 members (excludes halogenated alkanes) is 1. The molecule has 1 unspecified atom stereocenters. The van der Waals surface area contributed by atoms with Crippen molar-refractivity contribution in [1.29, 1.82) is 0 Å². The Morgan fingerprint density at radius 2 is 2.10 bits per heavy atom. The summed E-state index contributed by atoms with van der Waals surface area (Å²) in [5.74, 6) is 1.50. The maximum atomic E-state index is 5.75. The Morgan fingerprint density at radius 1 is 1.43 bits per heavy atom. The molecule has 0 aliphatic rings. The van der Waals surface area contributed by atoms with Crippen LogP contribution in [-0.2, 0) is 4.74 Å². The van der Waals surface area contributed by atoms with Crippen molar-refractivity contribution in [2.24, 2.45) is 10.9 Å². The molecule has 0 heterocycles. The van der Waals surface area contributed by atoms with Crippen molar-refractivity contribution in [1.82, 2.24) is 10.2 Å². The second-order valence-corrected chi connectivity index (χ2v) is 5.35. The van der Waals surface area contributed by atoms with Gasteiger partial charge in [0.1, 0.15) is 0 Å². The van der Waals surface area contributed by atoms with Crippen molar-refractivity contribution in [3.63, 3.8) is 0 Å². The molecule has 0 aromatic carbocycles. The summed E-state index contributed by atoms with van der Waals surface area (Å²) in [5.41, 5.74) is 0. The Bertz CT molecular complexity index is 283. The van der Waals surface area contributed by atoms with Gasteiger partial charge in [0.2, 0.25) is 0 Å². The molecule has 0 saturated heterocycles. The number of guanidine groups is 1. The molecule has 1 N–H and O–H groups in total. The number of hydrogen-bond acceptors (Lipinski definition) is 2. The molecule has 0 saturated carbocycles. The van der Waals surface area contributed by atoms with E-state index in [1.807, 2.05) is 13.1 Å². The van der Waals surface area contributed by atoms with Crippen LogP contribution in [0.2, 0.25) is 0 Å². The Balaban J connectivity index is 0. The van der Waals surface area contributed by atoms with Crippen LogP contribution >= 0.6 is 24.0 Å². The molecule has 0 rings (SSSR count). The number of nitrogens with zero attached hydrogens (tertiary/aromatic N) is 2. The zero-order chi connectivity index (χ0) is 15.4. The molecule has 0 aromatic rings. The summed E-state index contributed by atoms with van der Waals surface area (Å²) < 4.78 is 5.75. The Morgan fingerprint density at radius 3 is 2.57 bits per heavy atom. The molecule has 1 atom stereocenters. The molecule has 0 aliphatic heterocycles. The van der Waals surface area contributed by atoms with Crippen LogP contribution in [0.3, 0.4) is 0 Å². The zero-order valence-corrected chi connectivity index (χ0v) is 16.7. The number of aliphatic imine (C=N–C) groups is 1. The van der Waals surface area contributed by atoms with E-state index in [-0.39, 0.29) is 24.0 Å². The first-order chi connectivity index (χ1) is 9.56. The van der Waals surface area contributed by atoms with Crippen LogP contribution in [-0.4, -0.2) is 50.8 Å². The highest BCUT2D eigenvalue weighted by atomic mass is 127. The number of ether oxygens (including phenoxy) is 1. The summed E-state index contributed by atoms with van der Waals surface area (Å²) in [7, 11) is 3.90. The van der Waals surface area contributed by atoms with Crippen molar-refractivity contribution in [2.75, 3.05) is 33.8 Å². The van der Waals surface area contributed by atoms with E-state index in [2.05, 4.69) is 49.6 Å². The Hall–Kier alpha value is -0.300. The minimum atomic E-state index is 0. The summed E-state index contributed by atoms with van der Waals surface area (Å²) in [6.07, 6.45) is 5.43. The lowest BCUT2D eigenvalue weighted by molar-refractivity contribution is 0.0257. The van der Waals surface area contributed by atoms with Crippen molar-refractivity contribution < 1.29 is 4.74 Å². The average Bonchev–Trinajstić information content (AvgIpc) is 2.42. The smallest absolute Gasteiger partial charge is 0.193 e. The first-order valence-corrected chi connectivity index (χ1v) is 7.71. The first-order valence-electron chi connectivity index (χ1n) is 7.71. The summed E-state index contributed by atoms with van der Waals surface area (Å²) in [4.78, 5) is 6.48. The number of halogens is 1. The van der Waals surface area contributed by atoms with Crippen LogP contribution < -0.4 is 5.32 Å². The van der Waals surface area contributed by atoms with Crippen molar-refractivity contribution in [3.05, 3.63) is 12.7 Å². The van der Waals surface area contributed by atoms with Crippen molar-refractivity contribution >= 4 is 29.9 Å². The summed E-state index contributed by atoms with van der Waals surface area (Å²) >= 11 is 0. The van der Waals surface area contributed by atoms with Crippen LogP contribution in [0.25, 0.3) is 0 Å². The van der Waals surface area contributed by atoms with Gasteiger partial charge in [-0.05, 0) is 32.1 Å². The molecular formula is C16H34IN3O. The van der Waals surface area contributed by atoms with Crippen molar-refractivity contribution in [3.8, 4) is 0 Å². The maximum absolute atomic E-state index is 5.75. The van der Waals surface area contributed by atoms with E-state index in [4.69, 9.17) is 4.74 Å². The number of rotatable bonds is 10.